The van der Waals surface area contributed by atoms with Gasteiger partial charge in [-0.15, -0.1) is 0 Å². The lowest BCUT2D eigenvalue weighted by molar-refractivity contribution is 0.251. The molecular weight excluding hydrogens is 315 g/mol. The SMILES string of the molecule is O=C(NCc1ccc(F)cc1)Nc1ncc(Br)cn1. The summed E-state index contributed by atoms with van der Waals surface area (Å²) in [5, 5.41) is 5.10. The molecule has 1 aromatic carbocycles. The Bertz CT molecular complexity index is 559. The first-order valence-electron chi connectivity index (χ1n) is 5.40. The standard InChI is InChI=1S/C12H10BrFN4O/c13-9-6-15-11(16-7-9)18-12(19)17-5-8-1-3-10(14)4-2-8/h1-4,6-7H,5H2,(H2,15,16,17,18,19). The number of amides is 2. The first-order chi connectivity index (χ1) is 9.13. The van der Waals surface area contributed by atoms with Crippen molar-refractivity contribution in [3.8, 4) is 0 Å². The molecule has 2 aromatic rings. The molecule has 0 fully saturated rings. The number of aromatic nitrogens is 2. The zero-order valence-electron chi connectivity index (χ0n) is 9.73. The largest absolute Gasteiger partial charge is 0.334 e. The summed E-state index contributed by atoms with van der Waals surface area (Å²) in [4.78, 5) is 19.4. The molecule has 1 aromatic heterocycles. The van der Waals surface area contributed by atoms with Gasteiger partial charge in [-0.2, -0.15) is 0 Å². The summed E-state index contributed by atoms with van der Waals surface area (Å²) in [6.07, 6.45) is 3.06. The maximum Gasteiger partial charge on any atom is 0.321 e. The van der Waals surface area contributed by atoms with Gasteiger partial charge < -0.3 is 5.32 Å². The molecule has 0 saturated heterocycles. The van der Waals surface area contributed by atoms with Crippen LogP contribution >= 0.6 is 15.9 Å². The number of carbonyl (C=O) groups is 1. The van der Waals surface area contributed by atoms with Crippen LogP contribution in [0.5, 0.6) is 0 Å². The molecule has 2 rings (SSSR count). The second-order valence-electron chi connectivity index (χ2n) is 3.66. The van der Waals surface area contributed by atoms with Crippen LogP contribution in [0.1, 0.15) is 5.56 Å². The molecule has 1 heterocycles. The van der Waals surface area contributed by atoms with Gasteiger partial charge in [0.15, 0.2) is 0 Å². The van der Waals surface area contributed by atoms with Crippen LogP contribution < -0.4 is 10.6 Å². The van der Waals surface area contributed by atoms with Crippen molar-refractivity contribution in [1.82, 2.24) is 15.3 Å². The molecule has 0 radical (unpaired) electrons. The number of carbonyl (C=O) groups excluding carboxylic acids is 1. The first kappa shape index (κ1) is 13.4. The number of halogens is 2. The smallest absolute Gasteiger partial charge is 0.321 e. The lowest BCUT2D eigenvalue weighted by atomic mass is 10.2. The number of nitrogens with zero attached hydrogens (tertiary/aromatic N) is 2. The zero-order chi connectivity index (χ0) is 13.7. The number of hydrogen-bond donors (Lipinski definition) is 2. The molecule has 19 heavy (non-hydrogen) atoms. The van der Waals surface area contributed by atoms with Gasteiger partial charge in [0.1, 0.15) is 5.82 Å². The highest BCUT2D eigenvalue weighted by atomic mass is 79.9. The van der Waals surface area contributed by atoms with Gasteiger partial charge >= 0.3 is 6.03 Å². The Kier molecular flexibility index (Phi) is 4.40. The van der Waals surface area contributed by atoms with Crippen molar-refractivity contribution >= 4 is 27.9 Å². The van der Waals surface area contributed by atoms with E-state index in [4.69, 9.17) is 0 Å². The topological polar surface area (TPSA) is 66.9 Å². The third-order valence-electron chi connectivity index (χ3n) is 2.21. The van der Waals surface area contributed by atoms with Gasteiger partial charge in [0, 0.05) is 18.9 Å². The monoisotopic (exact) mass is 324 g/mol. The average Bonchev–Trinajstić information content (AvgIpc) is 2.41. The Morgan fingerprint density at radius 2 is 1.84 bits per heavy atom. The van der Waals surface area contributed by atoms with Crippen molar-refractivity contribution in [2.75, 3.05) is 5.32 Å². The summed E-state index contributed by atoms with van der Waals surface area (Å²) in [6, 6.07) is 5.46. The minimum atomic E-state index is -0.424. The normalized spacial score (nSPS) is 10.0. The summed E-state index contributed by atoms with van der Waals surface area (Å²) in [5.41, 5.74) is 0.799. The van der Waals surface area contributed by atoms with Crippen LogP contribution in [0, 0.1) is 5.82 Å². The second-order valence-corrected chi connectivity index (χ2v) is 4.57. The lowest BCUT2D eigenvalue weighted by Gasteiger charge is -2.06. The molecule has 7 heteroatoms. The fourth-order valence-electron chi connectivity index (χ4n) is 1.31. The van der Waals surface area contributed by atoms with E-state index >= 15 is 0 Å². The van der Waals surface area contributed by atoms with E-state index in [0.29, 0.717) is 6.54 Å². The highest BCUT2D eigenvalue weighted by Gasteiger charge is 2.03. The molecule has 2 N–H and O–H groups in total. The molecule has 0 bridgehead atoms. The molecule has 0 aliphatic carbocycles. The third-order valence-corrected chi connectivity index (χ3v) is 2.62. The van der Waals surface area contributed by atoms with Crippen LogP contribution in [0.4, 0.5) is 15.1 Å². The highest BCUT2D eigenvalue weighted by molar-refractivity contribution is 9.10. The fourth-order valence-corrected chi connectivity index (χ4v) is 1.51. The Labute approximate surface area is 117 Å². The van der Waals surface area contributed by atoms with E-state index in [1.165, 1.54) is 24.5 Å². The fraction of sp³-hybridized carbons (Fsp3) is 0.0833. The van der Waals surface area contributed by atoms with Crippen LogP contribution in [-0.4, -0.2) is 16.0 Å². The van der Waals surface area contributed by atoms with Gasteiger partial charge in [0.25, 0.3) is 0 Å². The van der Waals surface area contributed by atoms with Crippen LogP contribution in [-0.2, 0) is 6.54 Å². The summed E-state index contributed by atoms with van der Waals surface area (Å²) >= 11 is 3.19. The maximum atomic E-state index is 12.7. The van der Waals surface area contributed by atoms with E-state index in [9.17, 15) is 9.18 Å². The Morgan fingerprint density at radius 3 is 2.47 bits per heavy atom. The van der Waals surface area contributed by atoms with Crippen molar-refractivity contribution in [2.24, 2.45) is 0 Å². The van der Waals surface area contributed by atoms with Crippen LogP contribution in [0.2, 0.25) is 0 Å². The van der Waals surface area contributed by atoms with Gasteiger partial charge in [0.2, 0.25) is 5.95 Å². The van der Waals surface area contributed by atoms with E-state index < -0.39 is 6.03 Å². The summed E-state index contributed by atoms with van der Waals surface area (Å²) in [7, 11) is 0. The molecule has 0 aliphatic rings. The predicted octanol–water partition coefficient (Wildman–Crippen LogP) is 2.70. The predicted molar refractivity (Wildman–Crippen MR) is 72.0 cm³/mol. The molecule has 0 saturated carbocycles. The van der Waals surface area contributed by atoms with E-state index in [2.05, 4.69) is 36.5 Å². The minimum Gasteiger partial charge on any atom is -0.334 e. The van der Waals surface area contributed by atoms with E-state index in [1.54, 1.807) is 12.1 Å². The quantitative estimate of drug-likeness (QED) is 0.912. The van der Waals surface area contributed by atoms with Crippen molar-refractivity contribution in [3.05, 3.63) is 52.5 Å². The van der Waals surface area contributed by atoms with Crippen molar-refractivity contribution < 1.29 is 9.18 Å². The number of benzene rings is 1. The lowest BCUT2D eigenvalue weighted by Crippen LogP contribution is -2.28. The number of urea groups is 1. The van der Waals surface area contributed by atoms with Gasteiger partial charge in [-0.05, 0) is 33.6 Å². The van der Waals surface area contributed by atoms with Crippen LogP contribution in [0.15, 0.2) is 41.1 Å². The van der Waals surface area contributed by atoms with Crippen LogP contribution in [0.3, 0.4) is 0 Å². The van der Waals surface area contributed by atoms with Crippen LogP contribution in [0.25, 0.3) is 0 Å². The van der Waals surface area contributed by atoms with Crippen molar-refractivity contribution in [3.63, 3.8) is 0 Å². The number of nitrogens with one attached hydrogen (secondary N) is 2. The van der Waals surface area contributed by atoms with Gasteiger partial charge in [-0.1, -0.05) is 12.1 Å². The minimum absolute atomic E-state index is 0.208. The van der Waals surface area contributed by atoms with Gasteiger partial charge in [-0.3, -0.25) is 5.32 Å². The molecule has 2 amide bonds. The van der Waals surface area contributed by atoms with Crippen molar-refractivity contribution in [2.45, 2.75) is 6.54 Å². The summed E-state index contributed by atoms with van der Waals surface area (Å²) in [6.45, 7) is 0.294. The molecule has 0 aliphatic heterocycles. The van der Waals surface area contributed by atoms with E-state index in [1.807, 2.05) is 0 Å². The Morgan fingerprint density at radius 1 is 1.21 bits per heavy atom. The number of anilines is 1. The number of hydrogen-bond acceptors (Lipinski definition) is 3. The first-order valence-corrected chi connectivity index (χ1v) is 6.19. The highest BCUT2D eigenvalue weighted by Crippen LogP contribution is 2.06. The molecule has 0 unspecified atom stereocenters. The molecular formula is C12H10BrFN4O. The van der Waals surface area contributed by atoms with Gasteiger partial charge in [-0.25, -0.2) is 19.2 Å². The Balaban J connectivity index is 1.84. The zero-order valence-corrected chi connectivity index (χ0v) is 11.3. The second kappa shape index (κ2) is 6.24. The maximum absolute atomic E-state index is 12.7. The van der Waals surface area contributed by atoms with E-state index in [-0.39, 0.29) is 11.8 Å². The molecule has 0 atom stereocenters. The van der Waals surface area contributed by atoms with Gasteiger partial charge in [0.05, 0.1) is 4.47 Å². The number of rotatable bonds is 3. The third kappa shape index (κ3) is 4.29. The van der Waals surface area contributed by atoms with E-state index in [0.717, 1.165) is 10.0 Å². The summed E-state index contributed by atoms with van der Waals surface area (Å²) in [5.74, 6) is -0.101. The molecule has 0 spiro atoms. The Hall–Kier alpha value is -2.02. The molecule has 5 nitrogen and oxygen atoms in total. The molecule has 98 valence electrons. The van der Waals surface area contributed by atoms with Crippen molar-refractivity contribution in [1.29, 1.82) is 0 Å². The average molecular weight is 325 g/mol. The summed E-state index contributed by atoms with van der Waals surface area (Å²) < 4.78 is 13.4.